The first-order chi connectivity index (χ1) is 12.0. The quantitative estimate of drug-likeness (QED) is 0.711. The number of hydrogen-bond donors (Lipinski definition) is 2. The summed E-state index contributed by atoms with van der Waals surface area (Å²) >= 11 is 0. The number of aromatic nitrogens is 1. The Morgan fingerprint density at radius 2 is 1.68 bits per heavy atom. The molecule has 1 atom stereocenters. The molecule has 6 heteroatoms. The molecule has 0 radical (unpaired) electrons. The van der Waals surface area contributed by atoms with E-state index in [9.17, 15) is 8.42 Å². The van der Waals surface area contributed by atoms with Gasteiger partial charge in [-0.3, -0.25) is 0 Å². The first kappa shape index (κ1) is 17.3. The van der Waals surface area contributed by atoms with E-state index in [0.717, 1.165) is 22.6 Å². The topological polar surface area (TPSA) is 71.2 Å². The Labute approximate surface area is 147 Å². The van der Waals surface area contributed by atoms with E-state index in [4.69, 9.17) is 4.74 Å². The molecular weight excluding hydrogens is 336 g/mol. The Hall–Kier alpha value is -2.57. The Morgan fingerprint density at radius 3 is 2.24 bits per heavy atom. The average Bonchev–Trinajstić information content (AvgIpc) is 3.15. The van der Waals surface area contributed by atoms with Gasteiger partial charge in [0.05, 0.1) is 18.0 Å². The summed E-state index contributed by atoms with van der Waals surface area (Å²) in [7, 11) is -2.07. The van der Waals surface area contributed by atoms with Crippen LogP contribution in [0.2, 0.25) is 0 Å². The van der Waals surface area contributed by atoms with Crippen LogP contribution in [0.4, 0.5) is 0 Å². The Bertz CT molecular complexity index is 916. The molecule has 0 amide bonds. The van der Waals surface area contributed by atoms with Crippen LogP contribution < -0.4 is 9.46 Å². The minimum Gasteiger partial charge on any atom is -0.497 e. The van der Waals surface area contributed by atoms with Gasteiger partial charge in [-0.1, -0.05) is 29.8 Å². The van der Waals surface area contributed by atoms with Crippen LogP contribution in [-0.2, 0) is 10.0 Å². The summed E-state index contributed by atoms with van der Waals surface area (Å²) < 4.78 is 33.6. The van der Waals surface area contributed by atoms with E-state index in [-0.39, 0.29) is 4.90 Å². The lowest BCUT2D eigenvalue weighted by atomic mass is 10.1. The van der Waals surface area contributed by atoms with Crippen molar-refractivity contribution in [1.82, 2.24) is 9.71 Å². The molecule has 0 fully saturated rings. The van der Waals surface area contributed by atoms with Gasteiger partial charge in [0.2, 0.25) is 10.0 Å². The number of H-pyrrole nitrogens is 1. The number of nitrogens with one attached hydrogen (secondary N) is 2. The summed E-state index contributed by atoms with van der Waals surface area (Å²) in [6.45, 7) is 1.92. The van der Waals surface area contributed by atoms with Gasteiger partial charge in [-0.2, -0.15) is 4.72 Å². The number of methoxy groups -OCH3 is 1. The third-order valence-corrected chi connectivity index (χ3v) is 5.43. The molecular formula is C19H20N2O3S. The van der Waals surface area contributed by atoms with Crippen LogP contribution in [0.25, 0.3) is 0 Å². The molecule has 0 spiro atoms. The molecule has 0 bridgehead atoms. The summed E-state index contributed by atoms with van der Waals surface area (Å²) in [5.41, 5.74) is 2.59. The van der Waals surface area contributed by atoms with Crippen LogP contribution in [0.15, 0.2) is 71.8 Å². The molecule has 2 N–H and O–H groups in total. The molecule has 0 aliphatic heterocycles. The van der Waals surface area contributed by atoms with Crippen molar-refractivity contribution in [2.45, 2.75) is 17.9 Å². The highest BCUT2D eigenvalue weighted by Gasteiger charge is 2.23. The Balaban J connectivity index is 1.96. The third kappa shape index (κ3) is 3.92. The minimum atomic E-state index is -3.67. The van der Waals surface area contributed by atoms with E-state index in [1.165, 1.54) is 0 Å². The zero-order valence-electron chi connectivity index (χ0n) is 14.1. The first-order valence-electron chi connectivity index (χ1n) is 7.86. The van der Waals surface area contributed by atoms with E-state index >= 15 is 0 Å². The van der Waals surface area contributed by atoms with Crippen LogP contribution in [-0.4, -0.2) is 20.5 Å². The summed E-state index contributed by atoms with van der Waals surface area (Å²) in [4.78, 5) is 3.33. The molecule has 5 nitrogen and oxygen atoms in total. The molecule has 0 saturated heterocycles. The fourth-order valence-corrected chi connectivity index (χ4v) is 3.78. The second kappa shape index (κ2) is 7.13. The van der Waals surface area contributed by atoms with E-state index in [0.29, 0.717) is 0 Å². The lowest BCUT2D eigenvalue weighted by molar-refractivity contribution is 0.414. The maximum atomic E-state index is 12.8. The van der Waals surface area contributed by atoms with E-state index in [1.807, 2.05) is 43.3 Å². The number of rotatable bonds is 6. The second-order valence-corrected chi connectivity index (χ2v) is 7.48. The molecule has 3 rings (SSSR count). The van der Waals surface area contributed by atoms with E-state index in [1.54, 1.807) is 37.6 Å². The van der Waals surface area contributed by atoms with Gasteiger partial charge >= 0.3 is 0 Å². The molecule has 0 saturated carbocycles. The monoisotopic (exact) mass is 356 g/mol. The van der Waals surface area contributed by atoms with Gasteiger partial charge in [0.25, 0.3) is 0 Å². The SMILES string of the molecule is COc1ccc(C(NS(=O)(=O)c2ccc(C)cc2)c2ccc[nH]2)cc1. The lowest BCUT2D eigenvalue weighted by Gasteiger charge is -2.19. The predicted molar refractivity (Wildman–Crippen MR) is 97.1 cm³/mol. The standard InChI is InChI=1S/C19H20N2O3S/c1-14-5-11-17(12-6-14)25(22,23)21-19(18-4-3-13-20-18)15-7-9-16(24-2)10-8-15/h3-13,19-21H,1-2H3. The van der Waals surface area contributed by atoms with Crippen molar-refractivity contribution >= 4 is 10.0 Å². The molecule has 3 aromatic rings. The highest BCUT2D eigenvalue weighted by molar-refractivity contribution is 7.89. The highest BCUT2D eigenvalue weighted by atomic mass is 32.2. The average molecular weight is 356 g/mol. The summed E-state index contributed by atoms with van der Waals surface area (Å²) in [6, 6.07) is 17.3. The first-order valence-corrected chi connectivity index (χ1v) is 9.34. The van der Waals surface area contributed by atoms with Crippen molar-refractivity contribution in [3.8, 4) is 5.75 Å². The van der Waals surface area contributed by atoms with Crippen LogP contribution >= 0.6 is 0 Å². The van der Waals surface area contributed by atoms with Crippen molar-refractivity contribution in [2.75, 3.05) is 7.11 Å². The second-order valence-electron chi connectivity index (χ2n) is 5.77. The zero-order valence-corrected chi connectivity index (χ0v) is 14.9. The summed E-state index contributed by atoms with van der Waals surface area (Å²) in [5, 5.41) is 0. The van der Waals surface area contributed by atoms with Gasteiger partial charge in [0, 0.05) is 11.9 Å². The van der Waals surface area contributed by atoms with Gasteiger partial charge in [-0.15, -0.1) is 0 Å². The van der Waals surface area contributed by atoms with E-state index in [2.05, 4.69) is 9.71 Å². The van der Waals surface area contributed by atoms with Crippen LogP contribution in [0, 0.1) is 6.92 Å². The van der Waals surface area contributed by atoms with Gasteiger partial charge in [-0.05, 0) is 48.9 Å². The molecule has 130 valence electrons. The number of ether oxygens (including phenoxy) is 1. The van der Waals surface area contributed by atoms with Gasteiger partial charge in [0.1, 0.15) is 5.75 Å². The van der Waals surface area contributed by atoms with Crippen molar-refractivity contribution in [3.05, 3.63) is 83.7 Å². The summed E-state index contributed by atoms with van der Waals surface area (Å²) in [5.74, 6) is 0.718. The van der Waals surface area contributed by atoms with Crippen molar-refractivity contribution < 1.29 is 13.2 Å². The minimum absolute atomic E-state index is 0.239. The summed E-state index contributed by atoms with van der Waals surface area (Å²) in [6.07, 6.45) is 1.77. The van der Waals surface area contributed by atoms with Crippen LogP contribution in [0.5, 0.6) is 5.75 Å². The van der Waals surface area contributed by atoms with Crippen LogP contribution in [0.3, 0.4) is 0 Å². The number of sulfonamides is 1. The van der Waals surface area contributed by atoms with Crippen molar-refractivity contribution in [1.29, 1.82) is 0 Å². The predicted octanol–water partition coefficient (Wildman–Crippen LogP) is 3.40. The highest BCUT2D eigenvalue weighted by Crippen LogP contribution is 2.25. The molecule has 0 aliphatic rings. The number of aryl methyl sites for hydroxylation is 1. The van der Waals surface area contributed by atoms with E-state index < -0.39 is 16.1 Å². The van der Waals surface area contributed by atoms with Crippen LogP contribution in [0.1, 0.15) is 22.9 Å². The lowest BCUT2D eigenvalue weighted by Crippen LogP contribution is -2.29. The number of hydrogen-bond acceptors (Lipinski definition) is 3. The van der Waals surface area contributed by atoms with Gasteiger partial charge in [0.15, 0.2) is 0 Å². The third-order valence-electron chi connectivity index (χ3n) is 3.99. The number of benzene rings is 2. The van der Waals surface area contributed by atoms with Gasteiger partial charge < -0.3 is 9.72 Å². The zero-order chi connectivity index (χ0) is 17.9. The largest absolute Gasteiger partial charge is 0.497 e. The molecule has 0 aliphatic carbocycles. The van der Waals surface area contributed by atoms with Crippen molar-refractivity contribution in [2.24, 2.45) is 0 Å². The normalized spacial score (nSPS) is 12.7. The molecule has 1 aromatic heterocycles. The maximum absolute atomic E-state index is 12.8. The molecule has 1 heterocycles. The molecule has 1 unspecified atom stereocenters. The smallest absolute Gasteiger partial charge is 0.241 e. The fourth-order valence-electron chi connectivity index (χ4n) is 2.57. The number of aromatic amines is 1. The molecule has 2 aromatic carbocycles. The Morgan fingerprint density at radius 1 is 1.00 bits per heavy atom. The van der Waals surface area contributed by atoms with Crippen molar-refractivity contribution in [3.63, 3.8) is 0 Å². The Kier molecular flexibility index (Phi) is 4.92. The molecule has 25 heavy (non-hydrogen) atoms. The van der Waals surface area contributed by atoms with Gasteiger partial charge in [-0.25, -0.2) is 8.42 Å². The maximum Gasteiger partial charge on any atom is 0.241 e. The fraction of sp³-hybridized carbons (Fsp3) is 0.158.